The predicted octanol–water partition coefficient (Wildman–Crippen LogP) is 1.20. The second kappa shape index (κ2) is 5.05. The summed E-state index contributed by atoms with van der Waals surface area (Å²) in [5, 5.41) is 9.39. The van der Waals surface area contributed by atoms with Crippen molar-refractivity contribution in [2.45, 2.75) is 32.4 Å². The van der Waals surface area contributed by atoms with Crippen LogP contribution in [0.4, 0.5) is 0 Å². The molecule has 2 rings (SSSR count). The Labute approximate surface area is 89.9 Å². The molecule has 1 aliphatic rings. The Balaban J connectivity index is 0.000000245. The average molecular weight is 207 g/mol. The fourth-order valence-electron chi connectivity index (χ4n) is 1.60. The number of rotatable bonds is 0. The Morgan fingerprint density at radius 3 is 2.47 bits per heavy atom. The lowest BCUT2D eigenvalue weighted by molar-refractivity contribution is -0.114. The number of benzene rings is 1. The monoisotopic (exact) mass is 207 g/mol. The lowest BCUT2D eigenvalue weighted by Gasteiger charge is -2.07. The maximum atomic E-state index is 9.44. The van der Waals surface area contributed by atoms with Crippen molar-refractivity contribution >= 4 is 5.78 Å². The molecule has 2 atom stereocenters. The van der Waals surface area contributed by atoms with Crippen LogP contribution in [0.2, 0.25) is 0 Å². The lowest BCUT2D eigenvalue weighted by atomic mass is 10.1. The fraction of sp³-hybridized carbons (Fsp3) is 0.417. The number of aliphatic hydroxyl groups is 1. The normalized spacial score (nSPS) is 22.7. The first-order valence-electron chi connectivity index (χ1n) is 5.01. The van der Waals surface area contributed by atoms with E-state index in [0.29, 0.717) is 6.42 Å². The van der Waals surface area contributed by atoms with Crippen LogP contribution in [0.1, 0.15) is 31.0 Å². The van der Waals surface area contributed by atoms with Crippen LogP contribution in [0, 0.1) is 0 Å². The highest BCUT2D eigenvalue weighted by molar-refractivity contribution is 5.72. The Kier molecular flexibility index (Phi) is 4.00. The summed E-state index contributed by atoms with van der Waals surface area (Å²) in [6.45, 7) is 3.06. The molecule has 3 N–H and O–H groups in total. The van der Waals surface area contributed by atoms with Gasteiger partial charge in [-0.2, -0.15) is 0 Å². The maximum absolute atomic E-state index is 9.44. The molecule has 0 spiro atoms. The van der Waals surface area contributed by atoms with E-state index < -0.39 is 0 Å². The van der Waals surface area contributed by atoms with E-state index in [9.17, 15) is 9.90 Å². The first-order valence-corrected chi connectivity index (χ1v) is 5.01. The molecular weight excluding hydrogens is 190 g/mol. The maximum Gasteiger partial charge on any atom is 0.126 e. The van der Waals surface area contributed by atoms with Crippen molar-refractivity contribution in [2.24, 2.45) is 5.73 Å². The molecule has 0 saturated heterocycles. The minimum atomic E-state index is -0.382. The highest BCUT2D eigenvalue weighted by Gasteiger charge is 2.26. The van der Waals surface area contributed by atoms with Crippen molar-refractivity contribution in [1.29, 1.82) is 0 Å². The van der Waals surface area contributed by atoms with Gasteiger partial charge in [-0.05, 0) is 25.0 Å². The van der Waals surface area contributed by atoms with Crippen LogP contribution >= 0.6 is 0 Å². The molecule has 0 radical (unpaired) electrons. The topological polar surface area (TPSA) is 63.3 Å². The summed E-state index contributed by atoms with van der Waals surface area (Å²) in [7, 11) is 0. The molecule has 82 valence electrons. The van der Waals surface area contributed by atoms with Gasteiger partial charge in [0.2, 0.25) is 0 Å². The molecule has 1 aromatic rings. The highest BCUT2D eigenvalue weighted by atomic mass is 16.3. The molecule has 0 fully saturated rings. The zero-order chi connectivity index (χ0) is 11.4. The molecule has 3 nitrogen and oxygen atoms in total. The van der Waals surface area contributed by atoms with Gasteiger partial charge in [0.1, 0.15) is 5.78 Å². The largest absolute Gasteiger partial charge is 0.391 e. The average Bonchev–Trinajstić information content (AvgIpc) is 2.43. The Bertz CT molecular complexity index is 345. The first kappa shape index (κ1) is 11.9. The van der Waals surface area contributed by atoms with Crippen molar-refractivity contribution in [2.75, 3.05) is 0 Å². The van der Waals surface area contributed by atoms with Gasteiger partial charge in [0.25, 0.3) is 0 Å². The third-order valence-corrected chi connectivity index (χ3v) is 2.26. The Hall–Kier alpha value is -1.19. The Morgan fingerprint density at radius 2 is 1.93 bits per heavy atom. The molecule has 0 saturated carbocycles. The molecule has 15 heavy (non-hydrogen) atoms. The summed E-state index contributed by atoms with van der Waals surface area (Å²) in [4.78, 5) is 9.44. The number of hydrogen-bond donors (Lipinski definition) is 2. The van der Waals surface area contributed by atoms with Crippen molar-refractivity contribution in [1.82, 2.24) is 0 Å². The van der Waals surface area contributed by atoms with E-state index >= 15 is 0 Å². The van der Waals surface area contributed by atoms with Gasteiger partial charge in [-0.3, -0.25) is 0 Å². The van der Waals surface area contributed by atoms with E-state index in [-0.39, 0.29) is 17.9 Å². The van der Waals surface area contributed by atoms with Crippen molar-refractivity contribution in [3.05, 3.63) is 35.4 Å². The molecular formula is C12H17NO2. The van der Waals surface area contributed by atoms with Gasteiger partial charge >= 0.3 is 0 Å². The van der Waals surface area contributed by atoms with Crippen LogP contribution in [0.5, 0.6) is 0 Å². The quantitative estimate of drug-likeness (QED) is 0.672. The van der Waals surface area contributed by atoms with E-state index in [0.717, 1.165) is 5.56 Å². The van der Waals surface area contributed by atoms with Crippen LogP contribution in [-0.2, 0) is 11.2 Å². The van der Waals surface area contributed by atoms with Crippen molar-refractivity contribution in [3.63, 3.8) is 0 Å². The van der Waals surface area contributed by atoms with E-state index in [1.807, 2.05) is 24.3 Å². The summed E-state index contributed by atoms with van der Waals surface area (Å²) in [6, 6.07) is 7.76. The minimum Gasteiger partial charge on any atom is -0.391 e. The van der Waals surface area contributed by atoms with Gasteiger partial charge in [0.15, 0.2) is 0 Å². The number of ketones is 1. The zero-order valence-corrected chi connectivity index (χ0v) is 9.10. The summed E-state index contributed by atoms with van der Waals surface area (Å²) in [6.07, 6.45) is 0.324. The van der Waals surface area contributed by atoms with E-state index in [2.05, 4.69) is 0 Å². The molecule has 2 unspecified atom stereocenters. The summed E-state index contributed by atoms with van der Waals surface area (Å²) >= 11 is 0. The second-order valence-electron chi connectivity index (χ2n) is 3.90. The highest BCUT2D eigenvalue weighted by Crippen LogP contribution is 2.28. The molecule has 0 aliphatic heterocycles. The first-order chi connectivity index (χ1) is 7.02. The summed E-state index contributed by atoms with van der Waals surface area (Å²) < 4.78 is 0. The number of fused-ring (bicyclic) bond motifs is 1. The van der Waals surface area contributed by atoms with Crippen molar-refractivity contribution in [3.8, 4) is 0 Å². The molecule has 0 bridgehead atoms. The van der Waals surface area contributed by atoms with Crippen LogP contribution in [0.3, 0.4) is 0 Å². The van der Waals surface area contributed by atoms with Gasteiger partial charge in [-0.25, -0.2) is 0 Å². The lowest BCUT2D eigenvalue weighted by Crippen LogP contribution is -2.21. The molecule has 1 aliphatic carbocycles. The van der Waals surface area contributed by atoms with E-state index in [4.69, 9.17) is 5.73 Å². The third-order valence-electron chi connectivity index (χ3n) is 2.26. The van der Waals surface area contributed by atoms with Gasteiger partial charge in [-0.15, -0.1) is 0 Å². The fourth-order valence-corrected chi connectivity index (χ4v) is 1.60. The Morgan fingerprint density at radius 1 is 1.40 bits per heavy atom. The van der Waals surface area contributed by atoms with Crippen LogP contribution in [-0.4, -0.2) is 17.0 Å². The van der Waals surface area contributed by atoms with Gasteiger partial charge < -0.3 is 15.6 Å². The summed E-state index contributed by atoms with van der Waals surface area (Å²) in [5.74, 6) is 0.167. The third kappa shape index (κ3) is 3.15. The predicted molar refractivity (Wildman–Crippen MR) is 59.4 cm³/mol. The van der Waals surface area contributed by atoms with Crippen LogP contribution < -0.4 is 5.73 Å². The van der Waals surface area contributed by atoms with Crippen molar-refractivity contribution < 1.29 is 9.90 Å². The summed E-state index contributed by atoms with van der Waals surface area (Å²) in [5.41, 5.74) is 8.02. The second-order valence-corrected chi connectivity index (χ2v) is 3.90. The molecule has 1 aromatic carbocycles. The number of Topliss-reactive ketones (excluding diaryl/α,β-unsaturated/α-hetero) is 1. The standard InChI is InChI=1S/C9H11NO.C3H6O/c10-9-7-4-2-1-3-6(7)5-8(9)11;1-3(2)4/h1-4,8-9,11H,5,10H2;1-2H3. The van der Waals surface area contributed by atoms with E-state index in [1.165, 1.54) is 19.4 Å². The molecule has 0 amide bonds. The van der Waals surface area contributed by atoms with E-state index in [1.54, 1.807) is 0 Å². The van der Waals surface area contributed by atoms with Crippen LogP contribution in [0.25, 0.3) is 0 Å². The minimum absolute atomic E-state index is 0.167. The molecule has 0 aromatic heterocycles. The van der Waals surface area contributed by atoms with Gasteiger partial charge in [0.05, 0.1) is 12.1 Å². The molecule has 3 heteroatoms. The van der Waals surface area contributed by atoms with Gasteiger partial charge in [-0.1, -0.05) is 24.3 Å². The number of hydrogen-bond acceptors (Lipinski definition) is 3. The molecule has 0 heterocycles. The number of carbonyl (C=O) groups is 1. The van der Waals surface area contributed by atoms with Gasteiger partial charge in [0, 0.05) is 6.42 Å². The number of aliphatic hydroxyl groups excluding tert-OH is 1. The smallest absolute Gasteiger partial charge is 0.126 e. The van der Waals surface area contributed by atoms with Crippen LogP contribution in [0.15, 0.2) is 24.3 Å². The number of carbonyl (C=O) groups excluding carboxylic acids is 1. The zero-order valence-electron chi connectivity index (χ0n) is 9.10. The SMILES string of the molecule is CC(C)=O.NC1c2ccccc2CC1O. The number of nitrogens with two attached hydrogens (primary N) is 1.